The maximum Gasteiger partial charge on any atom is 0.250 e. The summed E-state index contributed by atoms with van der Waals surface area (Å²) in [4.78, 5) is 27.4. The number of carbonyl (C=O) groups excluding carboxylic acids is 2. The van der Waals surface area contributed by atoms with Gasteiger partial charge in [-0.1, -0.05) is 29.5 Å². The second kappa shape index (κ2) is 7.27. The predicted octanol–water partition coefficient (Wildman–Crippen LogP) is 4.22. The highest BCUT2D eigenvalue weighted by Crippen LogP contribution is 2.26. The molecule has 0 saturated carbocycles. The van der Waals surface area contributed by atoms with Crippen LogP contribution >= 0.6 is 11.3 Å². The molecule has 0 spiro atoms. The van der Waals surface area contributed by atoms with E-state index in [0.29, 0.717) is 5.13 Å². The molecule has 5 nitrogen and oxygen atoms in total. The molecule has 2 aromatic carbocycles. The monoisotopic (exact) mass is 351 g/mol. The van der Waals surface area contributed by atoms with Crippen molar-refractivity contribution in [2.24, 2.45) is 0 Å². The van der Waals surface area contributed by atoms with E-state index >= 15 is 0 Å². The highest BCUT2D eigenvalue weighted by atomic mass is 32.1. The van der Waals surface area contributed by atoms with Crippen LogP contribution in [0.1, 0.15) is 18.1 Å². The normalized spacial score (nSPS) is 11.0. The van der Waals surface area contributed by atoms with E-state index in [0.717, 1.165) is 27.0 Å². The average Bonchev–Trinajstić information content (AvgIpc) is 2.95. The van der Waals surface area contributed by atoms with Crippen LogP contribution in [0.5, 0.6) is 0 Å². The van der Waals surface area contributed by atoms with Crippen LogP contribution in [0, 0.1) is 6.92 Å². The number of amides is 2. The summed E-state index contributed by atoms with van der Waals surface area (Å²) in [7, 11) is 0. The van der Waals surface area contributed by atoms with Crippen LogP contribution < -0.4 is 10.6 Å². The highest BCUT2D eigenvalue weighted by Gasteiger charge is 2.06. The molecular formula is C19H17N3O2S. The fourth-order valence-electron chi connectivity index (χ4n) is 2.29. The minimum Gasteiger partial charge on any atom is -0.326 e. The number of hydrogen-bond donors (Lipinski definition) is 2. The summed E-state index contributed by atoms with van der Waals surface area (Å²) in [6.45, 7) is 3.48. The minimum absolute atomic E-state index is 0.117. The lowest BCUT2D eigenvalue weighted by Crippen LogP contribution is -2.07. The van der Waals surface area contributed by atoms with Gasteiger partial charge in [0, 0.05) is 18.7 Å². The van der Waals surface area contributed by atoms with E-state index in [9.17, 15) is 9.59 Å². The third-order valence-corrected chi connectivity index (χ3v) is 4.37. The summed E-state index contributed by atoms with van der Waals surface area (Å²) < 4.78 is 1.05. The second-order valence-electron chi connectivity index (χ2n) is 5.62. The Balaban J connectivity index is 1.64. The molecule has 3 aromatic rings. The van der Waals surface area contributed by atoms with Crippen molar-refractivity contribution in [1.29, 1.82) is 0 Å². The molecule has 0 aliphatic rings. The second-order valence-corrected chi connectivity index (χ2v) is 6.65. The number of aromatic nitrogens is 1. The molecule has 0 unspecified atom stereocenters. The summed E-state index contributed by atoms with van der Waals surface area (Å²) in [6.07, 6.45) is 3.18. The van der Waals surface area contributed by atoms with E-state index in [2.05, 4.69) is 21.7 Å². The zero-order valence-corrected chi connectivity index (χ0v) is 14.7. The Labute approximate surface area is 149 Å². The molecular weight excluding hydrogens is 334 g/mol. The molecule has 0 radical (unpaired) electrons. The molecule has 2 N–H and O–H groups in total. The summed E-state index contributed by atoms with van der Waals surface area (Å²) in [6, 6.07) is 13.2. The smallest absolute Gasteiger partial charge is 0.250 e. The highest BCUT2D eigenvalue weighted by molar-refractivity contribution is 7.22. The van der Waals surface area contributed by atoms with Gasteiger partial charge < -0.3 is 5.32 Å². The van der Waals surface area contributed by atoms with Crippen LogP contribution in [-0.4, -0.2) is 16.8 Å². The van der Waals surface area contributed by atoms with E-state index in [4.69, 9.17) is 0 Å². The quantitative estimate of drug-likeness (QED) is 0.692. The summed E-state index contributed by atoms with van der Waals surface area (Å²) in [5.41, 5.74) is 3.63. The molecule has 2 amide bonds. The minimum atomic E-state index is -0.235. The topological polar surface area (TPSA) is 71.1 Å². The Morgan fingerprint density at radius 1 is 1.08 bits per heavy atom. The zero-order valence-electron chi connectivity index (χ0n) is 13.9. The van der Waals surface area contributed by atoms with Gasteiger partial charge in [-0.2, -0.15) is 0 Å². The Bertz CT molecular complexity index is 958. The summed E-state index contributed by atoms with van der Waals surface area (Å²) >= 11 is 1.45. The van der Waals surface area contributed by atoms with E-state index in [1.165, 1.54) is 24.3 Å². The number of nitrogens with zero attached hydrogens (tertiary/aromatic N) is 1. The number of fused-ring (bicyclic) bond motifs is 1. The van der Waals surface area contributed by atoms with Crippen LogP contribution in [0.3, 0.4) is 0 Å². The van der Waals surface area contributed by atoms with E-state index < -0.39 is 0 Å². The van der Waals surface area contributed by atoms with Gasteiger partial charge in [-0.05, 0) is 48.4 Å². The van der Waals surface area contributed by atoms with Crippen molar-refractivity contribution < 1.29 is 9.59 Å². The van der Waals surface area contributed by atoms with Gasteiger partial charge in [-0.15, -0.1) is 0 Å². The number of thiazole rings is 1. The molecule has 0 aliphatic carbocycles. The van der Waals surface area contributed by atoms with Gasteiger partial charge in [0.05, 0.1) is 10.2 Å². The molecule has 126 valence electrons. The molecule has 0 aliphatic heterocycles. The Morgan fingerprint density at radius 3 is 2.56 bits per heavy atom. The van der Waals surface area contributed by atoms with Gasteiger partial charge in [-0.3, -0.25) is 14.9 Å². The van der Waals surface area contributed by atoms with Gasteiger partial charge in [0.15, 0.2) is 5.13 Å². The van der Waals surface area contributed by atoms with Gasteiger partial charge in [-0.25, -0.2) is 4.98 Å². The summed E-state index contributed by atoms with van der Waals surface area (Å²) in [5, 5.41) is 6.06. The Kier molecular flexibility index (Phi) is 4.90. The molecule has 0 bridgehead atoms. The van der Waals surface area contributed by atoms with Crippen molar-refractivity contribution in [2.75, 3.05) is 10.6 Å². The van der Waals surface area contributed by atoms with Crippen molar-refractivity contribution >= 4 is 50.3 Å². The van der Waals surface area contributed by atoms with Crippen LogP contribution in [0.15, 0.2) is 48.5 Å². The van der Waals surface area contributed by atoms with Gasteiger partial charge >= 0.3 is 0 Å². The third-order valence-electron chi connectivity index (χ3n) is 3.43. The predicted molar refractivity (Wildman–Crippen MR) is 103 cm³/mol. The standard InChI is InChI=1S/C19H17N3O2S/c1-12-3-9-16-17(11-12)25-19(21-16)22-18(24)10-6-14-4-7-15(8-5-14)20-13(2)23/h3-11H,1-2H3,(H,20,23)(H,21,22,24)/b10-6+. The largest absolute Gasteiger partial charge is 0.326 e. The number of nitrogens with one attached hydrogen (secondary N) is 2. The molecule has 0 atom stereocenters. The van der Waals surface area contributed by atoms with Crippen molar-refractivity contribution in [2.45, 2.75) is 13.8 Å². The molecule has 25 heavy (non-hydrogen) atoms. The molecule has 3 rings (SSSR count). The first-order valence-corrected chi connectivity index (χ1v) is 8.55. The number of carbonyl (C=O) groups is 2. The van der Waals surface area contributed by atoms with Crippen LogP contribution in [0.2, 0.25) is 0 Å². The van der Waals surface area contributed by atoms with Crippen molar-refractivity contribution in [3.63, 3.8) is 0 Å². The number of anilines is 2. The van der Waals surface area contributed by atoms with E-state index in [1.807, 2.05) is 31.2 Å². The molecule has 1 aromatic heterocycles. The average molecular weight is 351 g/mol. The number of aryl methyl sites for hydroxylation is 1. The Morgan fingerprint density at radius 2 is 1.84 bits per heavy atom. The lowest BCUT2D eigenvalue weighted by molar-refractivity contribution is -0.114. The van der Waals surface area contributed by atoms with Crippen LogP contribution in [0.4, 0.5) is 10.8 Å². The molecule has 0 fully saturated rings. The van der Waals surface area contributed by atoms with E-state index in [-0.39, 0.29) is 11.8 Å². The SMILES string of the molecule is CC(=O)Nc1ccc(/C=C/C(=O)Nc2nc3ccc(C)cc3s2)cc1. The Hall–Kier alpha value is -2.99. The number of benzene rings is 2. The zero-order chi connectivity index (χ0) is 17.8. The first-order valence-electron chi connectivity index (χ1n) is 7.73. The van der Waals surface area contributed by atoms with Crippen molar-refractivity contribution in [3.05, 3.63) is 59.7 Å². The van der Waals surface area contributed by atoms with E-state index in [1.54, 1.807) is 18.2 Å². The molecule has 1 heterocycles. The number of hydrogen-bond acceptors (Lipinski definition) is 4. The van der Waals surface area contributed by atoms with Gasteiger partial charge in [0.1, 0.15) is 0 Å². The lowest BCUT2D eigenvalue weighted by atomic mass is 10.2. The molecule has 6 heteroatoms. The first-order chi connectivity index (χ1) is 12.0. The van der Waals surface area contributed by atoms with Crippen LogP contribution in [-0.2, 0) is 9.59 Å². The lowest BCUT2D eigenvalue weighted by Gasteiger charge is -2.01. The third kappa shape index (κ3) is 4.51. The maximum absolute atomic E-state index is 12.1. The fraction of sp³-hybridized carbons (Fsp3) is 0.105. The van der Waals surface area contributed by atoms with Gasteiger partial charge in [0.25, 0.3) is 0 Å². The van der Waals surface area contributed by atoms with Gasteiger partial charge in [0.2, 0.25) is 11.8 Å². The summed E-state index contributed by atoms with van der Waals surface area (Å²) in [5.74, 6) is -0.351. The fourth-order valence-corrected chi connectivity index (χ4v) is 3.25. The van der Waals surface area contributed by atoms with Crippen LogP contribution in [0.25, 0.3) is 16.3 Å². The van der Waals surface area contributed by atoms with Crippen molar-refractivity contribution in [1.82, 2.24) is 4.98 Å². The first kappa shape index (κ1) is 16.9. The maximum atomic E-state index is 12.1. The number of rotatable bonds is 4. The molecule has 0 saturated heterocycles. The van der Waals surface area contributed by atoms with Crippen molar-refractivity contribution in [3.8, 4) is 0 Å².